The summed E-state index contributed by atoms with van der Waals surface area (Å²) < 4.78 is 5.12. The monoisotopic (exact) mass is 296 g/mol. The highest BCUT2D eigenvalue weighted by Gasteiger charge is 2.14. The van der Waals surface area contributed by atoms with E-state index < -0.39 is 11.7 Å². The highest BCUT2D eigenvalue weighted by Crippen LogP contribution is 2.26. The van der Waals surface area contributed by atoms with Gasteiger partial charge in [0.25, 0.3) is 0 Å². The van der Waals surface area contributed by atoms with Crippen molar-refractivity contribution in [1.29, 1.82) is 0 Å². The molecule has 0 saturated heterocycles. The first-order chi connectivity index (χ1) is 9.20. The van der Waals surface area contributed by atoms with Crippen LogP contribution < -0.4 is 11.1 Å². The lowest BCUT2D eigenvalue weighted by Gasteiger charge is -2.19. The van der Waals surface area contributed by atoms with Crippen LogP contribution in [0.1, 0.15) is 31.9 Å². The fraction of sp³-hybridized carbons (Fsp3) is 0.400. The quantitative estimate of drug-likeness (QED) is 0.835. The smallest absolute Gasteiger partial charge is 0.407 e. The maximum atomic E-state index is 11.4. The van der Waals surface area contributed by atoms with E-state index in [-0.39, 0.29) is 0 Å². The molecule has 1 rings (SSSR count). The van der Waals surface area contributed by atoms with E-state index >= 15 is 0 Å². The highest BCUT2D eigenvalue weighted by atomic mass is 35.5. The summed E-state index contributed by atoms with van der Waals surface area (Å²) >= 11 is 6.18. The van der Waals surface area contributed by atoms with Crippen molar-refractivity contribution in [2.75, 3.05) is 12.3 Å². The van der Waals surface area contributed by atoms with Crippen molar-refractivity contribution in [3.63, 3.8) is 0 Å². The van der Waals surface area contributed by atoms with Crippen LogP contribution in [0.25, 0.3) is 6.08 Å². The zero-order valence-electron chi connectivity index (χ0n) is 12.3. The molecular weight excluding hydrogens is 276 g/mol. The Labute approximate surface area is 124 Å². The normalized spacial score (nSPS) is 11.7. The molecule has 20 heavy (non-hydrogen) atoms. The number of nitrogens with one attached hydrogen (secondary N) is 1. The van der Waals surface area contributed by atoms with Crippen molar-refractivity contribution in [1.82, 2.24) is 5.32 Å². The maximum absolute atomic E-state index is 11.4. The molecule has 0 radical (unpaired) electrons. The second-order valence-electron chi connectivity index (χ2n) is 5.47. The van der Waals surface area contributed by atoms with Gasteiger partial charge in [-0.05, 0) is 44.9 Å². The fourth-order valence-corrected chi connectivity index (χ4v) is 1.73. The Morgan fingerprint density at radius 1 is 1.45 bits per heavy atom. The first-order valence-electron chi connectivity index (χ1n) is 6.38. The molecule has 0 saturated carbocycles. The molecule has 0 fully saturated rings. The Kier molecular flexibility index (Phi) is 5.45. The number of amides is 1. The van der Waals surface area contributed by atoms with Gasteiger partial charge in [0.2, 0.25) is 0 Å². The first kappa shape index (κ1) is 16.4. The number of carbonyl (C=O) groups is 1. The molecular formula is C15H21ClN2O2. The summed E-state index contributed by atoms with van der Waals surface area (Å²) in [5.41, 5.74) is 7.65. The van der Waals surface area contributed by atoms with E-state index in [1.54, 1.807) is 6.08 Å². The van der Waals surface area contributed by atoms with Gasteiger partial charge < -0.3 is 15.8 Å². The Morgan fingerprint density at radius 3 is 2.70 bits per heavy atom. The molecule has 110 valence electrons. The van der Waals surface area contributed by atoms with Crippen molar-refractivity contribution in [3.8, 4) is 0 Å². The van der Waals surface area contributed by atoms with E-state index in [2.05, 4.69) is 5.32 Å². The predicted molar refractivity (Wildman–Crippen MR) is 83.9 cm³/mol. The van der Waals surface area contributed by atoms with E-state index in [9.17, 15) is 4.79 Å². The Morgan fingerprint density at radius 2 is 2.10 bits per heavy atom. The van der Waals surface area contributed by atoms with Crippen LogP contribution >= 0.6 is 11.6 Å². The Hall–Kier alpha value is -1.68. The minimum atomic E-state index is -0.495. The minimum Gasteiger partial charge on any atom is -0.444 e. The Balaban J connectivity index is 2.54. The molecule has 0 unspecified atom stereocenters. The van der Waals surface area contributed by atoms with Gasteiger partial charge in [0, 0.05) is 12.2 Å². The van der Waals surface area contributed by atoms with Gasteiger partial charge in [0.05, 0.1) is 5.02 Å². The maximum Gasteiger partial charge on any atom is 0.407 e. The average molecular weight is 297 g/mol. The SMILES string of the molecule is Cc1c(N)ccc(C=CCNC(=O)OC(C)(C)C)c1Cl. The zero-order chi connectivity index (χ0) is 15.3. The molecule has 0 aliphatic heterocycles. The van der Waals surface area contributed by atoms with Gasteiger partial charge in [-0.3, -0.25) is 0 Å². The largest absolute Gasteiger partial charge is 0.444 e. The third kappa shape index (κ3) is 5.13. The molecule has 0 spiro atoms. The third-order valence-electron chi connectivity index (χ3n) is 2.52. The number of nitrogen functional groups attached to an aromatic ring is 1. The van der Waals surface area contributed by atoms with Crippen LogP contribution in [0.4, 0.5) is 10.5 Å². The van der Waals surface area contributed by atoms with Gasteiger partial charge >= 0.3 is 6.09 Å². The van der Waals surface area contributed by atoms with Crippen LogP contribution in [-0.4, -0.2) is 18.2 Å². The molecule has 1 amide bonds. The minimum absolute atomic E-state index is 0.370. The topological polar surface area (TPSA) is 64.3 Å². The Bertz CT molecular complexity index is 519. The van der Waals surface area contributed by atoms with Crippen molar-refractivity contribution in [3.05, 3.63) is 34.4 Å². The van der Waals surface area contributed by atoms with Crippen molar-refractivity contribution in [2.24, 2.45) is 0 Å². The molecule has 1 aromatic rings. The van der Waals surface area contributed by atoms with Gasteiger partial charge in [0.15, 0.2) is 0 Å². The second kappa shape index (κ2) is 6.66. The first-order valence-corrected chi connectivity index (χ1v) is 6.76. The number of benzene rings is 1. The van der Waals surface area contributed by atoms with E-state index in [0.717, 1.165) is 11.1 Å². The van der Waals surface area contributed by atoms with Crippen LogP contribution in [0.3, 0.4) is 0 Å². The summed E-state index contributed by atoms with van der Waals surface area (Å²) in [6, 6.07) is 3.65. The summed E-state index contributed by atoms with van der Waals surface area (Å²) in [5.74, 6) is 0. The number of hydrogen-bond acceptors (Lipinski definition) is 3. The van der Waals surface area contributed by atoms with E-state index in [1.807, 2.05) is 45.9 Å². The number of hydrogen-bond donors (Lipinski definition) is 2. The van der Waals surface area contributed by atoms with Gasteiger partial charge in [-0.2, -0.15) is 0 Å². The lowest BCUT2D eigenvalue weighted by Crippen LogP contribution is -2.32. The molecule has 4 nitrogen and oxygen atoms in total. The lowest BCUT2D eigenvalue weighted by molar-refractivity contribution is 0.0534. The number of rotatable bonds is 3. The summed E-state index contributed by atoms with van der Waals surface area (Å²) in [6.07, 6.45) is 3.20. The second-order valence-corrected chi connectivity index (χ2v) is 5.85. The molecule has 0 atom stereocenters. The molecule has 0 heterocycles. The average Bonchev–Trinajstić information content (AvgIpc) is 2.32. The third-order valence-corrected chi connectivity index (χ3v) is 3.02. The fourth-order valence-electron chi connectivity index (χ4n) is 1.49. The number of carbonyl (C=O) groups excluding carboxylic acids is 1. The molecule has 0 aliphatic rings. The van der Waals surface area contributed by atoms with Gasteiger partial charge in [-0.15, -0.1) is 0 Å². The van der Waals surface area contributed by atoms with E-state index in [0.29, 0.717) is 17.3 Å². The van der Waals surface area contributed by atoms with Crippen LogP contribution in [0.5, 0.6) is 0 Å². The van der Waals surface area contributed by atoms with Gasteiger partial charge in [-0.1, -0.05) is 29.8 Å². The summed E-state index contributed by atoms with van der Waals surface area (Å²) in [6.45, 7) is 7.70. The summed E-state index contributed by atoms with van der Waals surface area (Å²) in [4.78, 5) is 11.4. The molecule has 3 N–H and O–H groups in total. The van der Waals surface area contributed by atoms with E-state index in [4.69, 9.17) is 22.1 Å². The number of nitrogens with two attached hydrogens (primary N) is 1. The van der Waals surface area contributed by atoms with Gasteiger partial charge in [-0.25, -0.2) is 4.79 Å². The van der Waals surface area contributed by atoms with Gasteiger partial charge in [0.1, 0.15) is 5.60 Å². The van der Waals surface area contributed by atoms with Crippen LogP contribution in [0.2, 0.25) is 5.02 Å². The molecule has 0 aliphatic carbocycles. The lowest BCUT2D eigenvalue weighted by atomic mass is 10.1. The van der Waals surface area contributed by atoms with Crippen LogP contribution in [-0.2, 0) is 4.74 Å². The zero-order valence-corrected chi connectivity index (χ0v) is 13.0. The molecule has 0 bridgehead atoms. The van der Waals surface area contributed by atoms with Crippen molar-refractivity contribution >= 4 is 29.5 Å². The number of anilines is 1. The van der Waals surface area contributed by atoms with Crippen LogP contribution in [0, 0.1) is 6.92 Å². The standard InChI is InChI=1S/C15H21ClN2O2/c1-10-12(17)8-7-11(13(10)16)6-5-9-18-14(19)20-15(2,3)4/h5-8H,9,17H2,1-4H3,(H,18,19). The number of halogens is 1. The van der Waals surface area contributed by atoms with Crippen molar-refractivity contribution < 1.29 is 9.53 Å². The van der Waals surface area contributed by atoms with Crippen LogP contribution in [0.15, 0.2) is 18.2 Å². The molecule has 1 aromatic carbocycles. The number of alkyl carbamates (subject to hydrolysis) is 1. The van der Waals surface area contributed by atoms with E-state index in [1.165, 1.54) is 0 Å². The summed E-state index contributed by atoms with van der Waals surface area (Å²) in [7, 11) is 0. The molecule has 5 heteroatoms. The predicted octanol–water partition coefficient (Wildman–Crippen LogP) is 3.77. The number of ether oxygens (including phenoxy) is 1. The molecule has 0 aromatic heterocycles. The summed E-state index contributed by atoms with van der Waals surface area (Å²) in [5, 5.41) is 3.26. The highest BCUT2D eigenvalue weighted by molar-refractivity contribution is 6.33. The van der Waals surface area contributed by atoms with Crippen molar-refractivity contribution in [2.45, 2.75) is 33.3 Å².